The van der Waals surface area contributed by atoms with Crippen molar-refractivity contribution in [3.05, 3.63) is 12.2 Å². The maximum atomic E-state index is 11.3. The summed E-state index contributed by atoms with van der Waals surface area (Å²) in [5.41, 5.74) is -0.454. The van der Waals surface area contributed by atoms with Gasteiger partial charge in [0.2, 0.25) is 0 Å². The Bertz CT molecular complexity index is 568. The fourth-order valence-corrected chi connectivity index (χ4v) is 6.22. The molecule has 3 aliphatic rings. The van der Waals surface area contributed by atoms with E-state index in [2.05, 4.69) is 27.4 Å². The molecule has 5 unspecified atom stereocenters. The van der Waals surface area contributed by atoms with E-state index in [0.29, 0.717) is 12.3 Å². The summed E-state index contributed by atoms with van der Waals surface area (Å²) in [5.74, 6) is -0.478. The third kappa shape index (κ3) is 2.37. The molecule has 1 heterocycles. The van der Waals surface area contributed by atoms with Gasteiger partial charge in [-0.15, -0.1) is 0 Å². The topological polar surface area (TPSA) is 66.8 Å². The SMILES string of the molecule is C=C1C(O)CC2C(C)(C)CCCC2(C)C12CCC(C)(CC(=O)O)O2. The first-order valence-electron chi connectivity index (χ1n) is 9.25. The molecule has 0 aromatic rings. The number of fused-ring (bicyclic) bond motifs is 2. The van der Waals surface area contributed by atoms with Gasteiger partial charge in [-0.3, -0.25) is 4.79 Å². The van der Waals surface area contributed by atoms with Crippen LogP contribution in [-0.2, 0) is 9.53 Å². The predicted molar refractivity (Wildman–Crippen MR) is 92.7 cm³/mol. The quantitative estimate of drug-likeness (QED) is 0.750. The summed E-state index contributed by atoms with van der Waals surface area (Å²) < 4.78 is 6.60. The predicted octanol–water partition coefficient (Wildman–Crippen LogP) is 3.92. The number of carbonyl (C=O) groups is 1. The van der Waals surface area contributed by atoms with Gasteiger partial charge >= 0.3 is 5.97 Å². The summed E-state index contributed by atoms with van der Waals surface area (Å²) in [6.45, 7) is 13.0. The summed E-state index contributed by atoms with van der Waals surface area (Å²) >= 11 is 0. The van der Waals surface area contributed by atoms with Crippen LogP contribution in [0.5, 0.6) is 0 Å². The number of carboxylic acids is 1. The van der Waals surface area contributed by atoms with Gasteiger partial charge in [0, 0.05) is 5.41 Å². The number of rotatable bonds is 2. The molecule has 0 amide bonds. The number of hydrogen-bond acceptors (Lipinski definition) is 3. The molecule has 3 fully saturated rings. The first-order valence-corrected chi connectivity index (χ1v) is 9.25. The van der Waals surface area contributed by atoms with Crippen LogP contribution in [0.4, 0.5) is 0 Å². The summed E-state index contributed by atoms with van der Waals surface area (Å²) in [4.78, 5) is 11.3. The lowest BCUT2D eigenvalue weighted by atomic mass is 9.45. The molecule has 0 aromatic heterocycles. The van der Waals surface area contributed by atoms with Crippen molar-refractivity contribution in [3.8, 4) is 0 Å². The average Bonchev–Trinajstić information content (AvgIpc) is 2.78. The number of carboxylic acid groups (broad SMARTS) is 1. The lowest BCUT2D eigenvalue weighted by molar-refractivity contribution is -0.212. The molecule has 1 aliphatic heterocycles. The molecule has 3 rings (SSSR count). The normalized spacial score (nSPS) is 47.6. The molecule has 2 aliphatic carbocycles. The Balaban J connectivity index is 2.04. The smallest absolute Gasteiger partial charge is 0.306 e. The third-order valence-electron chi connectivity index (χ3n) is 7.48. The minimum atomic E-state index is -0.831. The van der Waals surface area contributed by atoms with Gasteiger partial charge in [0.25, 0.3) is 0 Å². The Kier molecular flexibility index (Phi) is 3.97. The summed E-state index contributed by atoms with van der Waals surface area (Å²) in [6, 6.07) is 0. The van der Waals surface area contributed by atoms with Crippen molar-refractivity contribution in [3.63, 3.8) is 0 Å². The molecule has 0 aromatic carbocycles. The Morgan fingerprint density at radius 1 is 1.21 bits per heavy atom. The second kappa shape index (κ2) is 5.31. The lowest BCUT2D eigenvalue weighted by Gasteiger charge is -2.63. The second-order valence-corrected chi connectivity index (χ2v) is 9.54. The minimum absolute atomic E-state index is 0.00225. The molecule has 0 radical (unpaired) electrons. The van der Waals surface area contributed by atoms with E-state index in [-0.39, 0.29) is 17.3 Å². The number of aliphatic hydroxyl groups is 1. The lowest BCUT2D eigenvalue weighted by Crippen LogP contribution is -2.63. The zero-order chi connectivity index (χ0) is 18.0. The zero-order valence-electron chi connectivity index (χ0n) is 15.5. The van der Waals surface area contributed by atoms with Crippen LogP contribution in [0.2, 0.25) is 0 Å². The maximum absolute atomic E-state index is 11.3. The second-order valence-electron chi connectivity index (χ2n) is 9.54. The number of ether oxygens (including phenoxy) is 1. The molecule has 136 valence electrons. The zero-order valence-corrected chi connectivity index (χ0v) is 15.5. The highest BCUT2D eigenvalue weighted by atomic mass is 16.5. The minimum Gasteiger partial charge on any atom is -0.481 e. The van der Waals surface area contributed by atoms with Crippen LogP contribution in [0.1, 0.15) is 72.6 Å². The van der Waals surface area contributed by atoms with E-state index in [9.17, 15) is 15.0 Å². The Morgan fingerprint density at radius 2 is 1.88 bits per heavy atom. The van der Waals surface area contributed by atoms with Crippen molar-refractivity contribution in [1.82, 2.24) is 0 Å². The van der Waals surface area contributed by atoms with Crippen molar-refractivity contribution in [2.24, 2.45) is 16.7 Å². The molecule has 4 nitrogen and oxygen atoms in total. The van der Waals surface area contributed by atoms with Gasteiger partial charge in [0.1, 0.15) is 0 Å². The Morgan fingerprint density at radius 3 is 2.50 bits per heavy atom. The van der Waals surface area contributed by atoms with Crippen molar-refractivity contribution >= 4 is 5.97 Å². The van der Waals surface area contributed by atoms with Gasteiger partial charge in [-0.2, -0.15) is 0 Å². The molecular formula is C20H32O4. The van der Waals surface area contributed by atoms with E-state index in [4.69, 9.17) is 4.74 Å². The van der Waals surface area contributed by atoms with Crippen LogP contribution < -0.4 is 0 Å². The van der Waals surface area contributed by atoms with Gasteiger partial charge in [-0.25, -0.2) is 0 Å². The standard InChI is InChI=1S/C20H32O4/c1-13-14(21)11-15-17(2,3)7-6-8-19(15,5)20(13)10-9-18(4,24-20)12-16(22)23/h14-15,21H,1,6-12H2,2-5H3,(H,22,23). The van der Waals surface area contributed by atoms with Gasteiger partial charge < -0.3 is 14.9 Å². The average molecular weight is 336 g/mol. The van der Waals surface area contributed by atoms with E-state index in [1.807, 2.05) is 6.92 Å². The molecule has 1 saturated heterocycles. The van der Waals surface area contributed by atoms with E-state index in [0.717, 1.165) is 37.7 Å². The fraction of sp³-hybridized carbons (Fsp3) is 0.850. The number of hydrogen-bond donors (Lipinski definition) is 2. The molecule has 24 heavy (non-hydrogen) atoms. The molecule has 5 atom stereocenters. The highest BCUT2D eigenvalue weighted by molar-refractivity contribution is 5.68. The van der Waals surface area contributed by atoms with Gasteiger partial charge in [0.15, 0.2) is 0 Å². The summed E-state index contributed by atoms with van der Waals surface area (Å²) in [7, 11) is 0. The van der Waals surface area contributed by atoms with Gasteiger partial charge in [-0.1, -0.05) is 33.8 Å². The Hall–Kier alpha value is -0.870. The maximum Gasteiger partial charge on any atom is 0.306 e. The van der Waals surface area contributed by atoms with Crippen LogP contribution in [0, 0.1) is 16.7 Å². The highest BCUT2D eigenvalue weighted by Crippen LogP contribution is 2.67. The summed E-state index contributed by atoms with van der Waals surface area (Å²) in [5, 5.41) is 20.0. The van der Waals surface area contributed by atoms with E-state index in [1.165, 1.54) is 0 Å². The molecule has 2 saturated carbocycles. The first kappa shape index (κ1) is 17.9. The Labute approximate surface area is 145 Å². The van der Waals surface area contributed by atoms with E-state index in [1.54, 1.807) is 0 Å². The molecule has 0 bridgehead atoms. The van der Waals surface area contributed by atoms with Crippen molar-refractivity contribution in [1.29, 1.82) is 0 Å². The van der Waals surface area contributed by atoms with Gasteiger partial charge in [-0.05, 0) is 55.9 Å². The van der Waals surface area contributed by atoms with Crippen LogP contribution in [0.25, 0.3) is 0 Å². The number of aliphatic hydroxyl groups excluding tert-OH is 1. The number of aliphatic carboxylic acids is 1. The van der Waals surface area contributed by atoms with Crippen LogP contribution in [0.3, 0.4) is 0 Å². The third-order valence-corrected chi connectivity index (χ3v) is 7.48. The molecule has 2 N–H and O–H groups in total. The van der Waals surface area contributed by atoms with Crippen LogP contribution in [0.15, 0.2) is 12.2 Å². The fourth-order valence-electron chi connectivity index (χ4n) is 6.22. The van der Waals surface area contributed by atoms with Crippen LogP contribution in [-0.4, -0.2) is 33.5 Å². The van der Waals surface area contributed by atoms with Gasteiger partial charge in [0.05, 0.1) is 23.7 Å². The monoisotopic (exact) mass is 336 g/mol. The van der Waals surface area contributed by atoms with E-state index < -0.39 is 23.3 Å². The molecule has 4 heteroatoms. The largest absolute Gasteiger partial charge is 0.481 e. The van der Waals surface area contributed by atoms with Crippen LogP contribution >= 0.6 is 0 Å². The van der Waals surface area contributed by atoms with Crippen molar-refractivity contribution in [2.75, 3.05) is 0 Å². The highest BCUT2D eigenvalue weighted by Gasteiger charge is 2.67. The molecule has 1 spiro atoms. The summed E-state index contributed by atoms with van der Waals surface area (Å²) in [6.07, 6.45) is 5.00. The van der Waals surface area contributed by atoms with E-state index >= 15 is 0 Å². The molecular weight excluding hydrogens is 304 g/mol. The van der Waals surface area contributed by atoms with Crippen molar-refractivity contribution < 1.29 is 19.7 Å². The van der Waals surface area contributed by atoms with Crippen molar-refractivity contribution in [2.45, 2.75) is 89.9 Å². The first-order chi connectivity index (χ1) is 11.0.